The first-order valence-corrected chi connectivity index (χ1v) is 7.89. The highest BCUT2D eigenvalue weighted by Gasteiger charge is 2.23. The van der Waals surface area contributed by atoms with Crippen molar-refractivity contribution >= 4 is 11.3 Å². The molecule has 2 nitrogen and oxygen atoms in total. The first-order chi connectivity index (χ1) is 8.40. The van der Waals surface area contributed by atoms with Gasteiger partial charge in [-0.1, -0.05) is 26.2 Å². The van der Waals surface area contributed by atoms with E-state index in [1.165, 1.54) is 49.8 Å². The summed E-state index contributed by atoms with van der Waals surface area (Å²) < 4.78 is 0. The third kappa shape index (κ3) is 4.07. The molecular formula is C14H24N2S. The molecule has 1 aliphatic carbocycles. The second-order valence-electron chi connectivity index (χ2n) is 5.13. The second kappa shape index (κ2) is 7.12. The van der Waals surface area contributed by atoms with E-state index in [9.17, 15) is 0 Å². The fraction of sp³-hybridized carbons (Fsp3) is 0.786. The highest BCUT2D eigenvalue weighted by molar-refractivity contribution is 7.09. The number of thiazole rings is 1. The van der Waals surface area contributed by atoms with Crippen molar-refractivity contribution in [2.75, 3.05) is 6.54 Å². The second-order valence-corrected chi connectivity index (χ2v) is 6.10. The van der Waals surface area contributed by atoms with Gasteiger partial charge in [-0.05, 0) is 38.1 Å². The van der Waals surface area contributed by atoms with Crippen LogP contribution in [-0.4, -0.2) is 17.6 Å². The van der Waals surface area contributed by atoms with Gasteiger partial charge in [0.05, 0.1) is 5.51 Å². The SMILES string of the molecule is CCCNC(Cc1cncs1)C1CCCCC1. The lowest BCUT2D eigenvalue weighted by Gasteiger charge is -2.30. The third-order valence-electron chi connectivity index (χ3n) is 3.78. The number of nitrogens with zero attached hydrogens (tertiary/aromatic N) is 1. The van der Waals surface area contributed by atoms with Gasteiger partial charge in [-0.3, -0.25) is 4.98 Å². The maximum atomic E-state index is 4.19. The summed E-state index contributed by atoms with van der Waals surface area (Å²) in [5, 5.41) is 3.76. The van der Waals surface area contributed by atoms with Crippen LogP contribution in [0.25, 0.3) is 0 Å². The number of hydrogen-bond donors (Lipinski definition) is 1. The predicted molar refractivity (Wildman–Crippen MR) is 74.5 cm³/mol. The van der Waals surface area contributed by atoms with E-state index in [1.54, 1.807) is 11.3 Å². The zero-order valence-corrected chi connectivity index (χ0v) is 11.6. The van der Waals surface area contributed by atoms with Crippen molar-refractivity contribution in [3.63, 3.8) is 0 Å². The zero-order valence-electron chi connectivity index (χ0n) is 10.8. The topological polar surface area (TPSA) is 24.9 Å². The summed E-state index contributed by atoms with van der Waals surface area (Å²) >= 11 is 1.80. The first kappa shape index (κ1) is 13.0. The van der Waals surface area contributed by atoms with Crippen molar-refractivity contribution in [2.24, 2.45) is 5.92 Å². The van der Waals surface area contributed by atoms with Crippen LogP contribution in [0.3, 0.4) is 0 Å². The monoisotopic (exact) mass is 252 g/mol. The molecule has 3 heteroatoms. The molecule has 0 radical (unpaired) electrons. The molecule has 1 unspecified atom stereocenters. The molecular weight excluding hydrogens is 228 g/mol. The molecule has 0 spiro atoms. The van der Waals surface area contributed by atoms with Crippen LogP contribution in [0.1, 0.15) is 50.3 Å². The molecule has 0 amide bonds. The number of aromatic nitrogens is 1. The lowest BCUT2D eigenvalue weighted by Crippen LogP contribution is -2.39. The van der Waals surface area contributed by atoms with Gasteiger partial charge in [0.1, 0.15) is 0 Å². The van der Waals surface area contributed by atoms with E-state index in [-0.39, 0.29) is 0 Å². The minimum Gasteiger partial charge on any atom is -0.313 e. The van der Waals surface area contributed by atoms with Gasteiger partial charge in [0.25, 0.3) is 0 Å². The van der Waals surface area contributed by atoms with Gasteiger partial charge in [0.2, 0.25) is 0 Å². The fourth-order valence-corrected chi connectivity index (χ4v) is 3.49. The van der Waals surface area contributed by atoms with Gasteiger partial charge >= 0.3 is 0 Å². The average molecular weight is 252 g/mol. The summed E-state index contributed by atoms with van der Waals surface area (Å²) in [4.78, 5) is 5.63. The Balaban J connectivity index is 1.91. The summed E-state index contributed by atoms with van der Waals surface area (Å²) in [6.07, 6.45) is 11.6. The first-order valence-electron chi connectivity index (χ1n) is 7.01. The van der Waals surface area contributed by atoms with Crippen molar-refractivity contribution in [1.82, 2.24) is 10.3 Å². The summed E-state index contributed by atoms with van der Waals surface area (Å²) in [5.74, 6) is 0.886. The molecule has 1 heterocycles. The molecule has 0 aromatic carbocycles. The van der Waals surface area contributed by atoms with Crippen LogP contribution in [0.2, 0.25) is 0 Å². The number of nitrogens with one attached hydrogen (secondary N) is 1. The smallest absolute Gasteiger partial charge is 0.0794 e. The maximum Gasteiger partial charge on any atom is 0.0794 e. The van der Waals surface area contributed by atoms with Crippen molar-refractivity contribution in [2.45, 2.75) is 57.9 Å². The molecule has 1 aromatic rings. The zero-order chi connectivity index (χ0) is 11.9. The molecule has 1 aliphatic rings. The quantitative estimate of drug-likeness (QED) is 0.836. The van der Waals surface area contributed by atoms with Gasteiger partial charge in [-0.15, -0.1) is 11.3 Å². The molecule has 17 heavy (non-hydrogen) atoms. The van der Waals surface area contributed by atoms with Crippen molar-refractivity contribution in [3.05, 3.63) is 16.6 Å². The third-order valence-corrected chi connectivity index (χ3v) is 4.58. The van der Waals surface area contributed by atoms with E-state index in [1.807, 2.05) is 11.7 Å². The van der Waals surface area contributed by atoms with Crippen molar-refractivity contribution in [3.8, 4) is 0 Å². The lowest BCUT2D eigenvalue weighted by atomic mass is 9.82. The lowest BCUT2D eigenvalue weighted by molar-refractivity contribution is 0.268. The minimum atomic E-state index is 0.677. The summed E-state index contributed by atoms with van der Waals surface area (Å²) in [6.45, 7) is 3.40. The van der Waals surface area contributed by atoms with E-state index in [4.69, 9.17) is 0 Å². The molecule has 0 bridgehead atoms. The van der Waals surface area contributed by atoms with Crippen LogP contribution in [0, 0.1) is 5.92 Å². The Kier molecular flexibility index (Phi) is 5.46. The molecule has 0 aliphatic heterocycles. The highest BCUT2D eigenvalue weighted by Crippen LogP contribution is 2.28. The molecule has 2 rings (SSSR count). The molecule has 1 N–H and O–H groups in total. The summed E-state index contributed by atoms with van der Waals surface area (Å²) in [5.41, 5.74) is 1.95. The van der Waals surface area contributed by atoms with Crippen LogP contribution < -0.4 is 5.32 Å². The van der Waals surface area contributed by atoms with Gasteiger partial charge in [0.15, 0.2) is 0 Å². The Morgan fingerprint density at radius 2 is 2.24 bits per heavy atom. The van der Waals surface area contributed by atoms with Crippen molar-refractivity contribution < 1.29 is 0 Å². The van der Waals surface area contributed by atoms with Crippen LogP contribution >= 0.6 is 11.3 Å². The Morgan fingerprint density at radius 3 is 2.88 bits per heavy atom. The Bertz CT molecular complexity index is 291. The van der Waals surface area contributed by atoms with E-state index < -0.39 is 0 Å². The van der Waals surface area contributed by atoms with Gasteiger partial charge in [-0.25, -0.2) is 0 Å². The Labute approximate surface area is 109 Å². The van der Waals surface area contributed by atoms with Crippen LogP contribution in [0.5, 0.6) is 0 Å². The van der Waals surface area contributed by atoms with Gasteiger partial charge in [0, 0.05) is 17.1 Å². The Hall–Kier alpha value is -0.410. The van der Waals surface area contributed by atoms with E-state index in [0.717, 1.165) is 12.5 Å². The summed E-state index contributed by atoms with van der Waals surface area (Å²) in [7, 11) is 0. The summed E-state index contributed by atoms with van der Waals surface area (Å²) in [6, 6.07) is 0.677. The van der Waals surface area contributed by atoms with Crippen LogP contribution in [0.4, 0.5) is 0 Å². The molecule has 1 atom stereocenters. The van der Waals surface area contributed by atoms with E-state index in [2.05, 4.69) is 17.2 Å². The van der Waals surface area contributed by atoms with Gasteiger partial charge in [-0.2, -0.15) is 0 Å². The Morgan fingerprint density at radius 1 is 1.41 bits per heavy atom. The predicted octanol–water partition coefficient (Wildman–Crippen LogP) is 3.63. The maximum absolute atomic E-state index is 4.19. The van der Waals surface area contributed by atoms with Crippen LogP contribution in [-0.2, 0) is 6.42 Å². The normalized spacial score (nSPS) is 19.4. The molecule has 1 aromatic heterocycles. The average Bonchev–Trinajstić information content (AvgIpc) is 2.88. The number of hydrogen-bond acceptors (Lipinski definition) is 3. The largest absolute Gasteiger partial charge is 0.313 e. The standard InChI is InChI=1S/C14H24N2S/c1-2-8-16-14(9-13-10-15-11-17-13)12-6-4-3-5-7-12/h10-12,14,16H,2-9H2,1H3. The van der Waals surface area contributed by atoms with Crippen molar-refractivity contribution in [1.29, 1.82) is 0 Å². The van der Waals surface area contributed by atoms with E-state index >= 15 is 0 Å². The van der Waals surface area contributed by atoms with E-state index in [0.29, 0.717) is 6.04 Å². The molecule has 0 saturated heterocycles. The molecule has 1 saturated carbocycles. The number of rotatable bonds is 6. The van der Waals surface area contributed by atoms with Crippen LogP contribution in [0.15, 0.2) is 11.7 Å². The van der Waals surface area contributed by atoms with Gasteiger partial charge < -0.3 is 5.32 Å². The molecule has 96 valence electrons. The highest BCUT2D eigenvalue weighted by atomic mass is 32.1. The minimum absolute atomic E-state index is 0.677. The molecule has 1 fully saturated rings. The fourth-order valence-electron chi connectivity index (χ4n) is 2.83.